The van der Waals surface area contributed by atoms with Gasteiger partial charge in [-0.2, -0.15) is 0 Å². The van der Waals surface area contributed by atoms with Crippen LogP contribution in [0.25, 0.3) is 0 Å². The van der Waals surface area contributed by atoms with Crippen molar-refractivity contribution >= 4 is 17.5 Å². The summed E-state index contributed by atoms with van der Waals surface area (Å²) in [5.41, 5.74) is -0.315. The van der Waals surface area contributed by atoms with E-state index in [0.29, 0.717) is 5.92 Å². The molecular weight excluding hydrogens is 272 g/mol. The number of aryl methyl sites for hydroxylation is 1. The molecule has 0 fully saturated rings. The molecule has 0 aromatic heterocycles. The topological polar surface area (TPSA) is 29.1 Å². The fourth-order valence-electron chi connectivity index (χ4n) is 1.75. The van der Waals surface area contributed by atoms with Crippen LogP contribution >= 0.6 is 11.6 Å². The van der Waals surface area contributed by atoms with Crippen molar-refractivity contribution in [3.63, 3.8) is 0 Å². The Morgan fingerprint density at radius 1 is 1.37 bits per heavy atom. The first-order valence-corrected chi connectivity index (χ1v) is 6.63. The quantitative estimate of drug-likeness (QED) is 0.824. The molecular formula is C14H18ClF2NO. The summed E-state index contributed by atoms with van der Waals surface area (Å²) in [6.45, 7) is 5.69. The minimum Gasteiger partial charge on any atom is -0.350 e. The summed E-state index contributed by atoms with van der Waals surface area (Å²) in [6.07, 6.45) is 0.723. The Labute approximate surface area is 117 Å². The summed E-state index contributed by atoms with van der Waals surface area (Å²) >= 11 is 6.02. The third-order valence-corrected chi connectivity index (χ3v) is 3.06. The van der Waals surface area contributed by atoms with E-state index < -0.39 is 23.1 Å². The third kappa shape index (κ3) is 4.46. The predicted molar refractivity (Wildman–Crippen MR) is 72.5 cm³/mol. The molecule has 0 spiro atoms. The molecule has 0 saturated carbocycles. The molecule has 5 heteroatoms. The predicted octanol–water partition coefficient (Wildman–Crippen LogP) is 3.66. The van der Waals surface area contributed by atoms with Crippen LogP contribution in [0.1, 0.15) is 36.2 Å². The normalized spacial score (nSPS) is 12.6. The number of halogens is 3. The zero-order chi connectivity index (χ0) is 14.6. The summed E-state index contributed by atoms with van der Waals surface area (Å²) in [4.78, 5) is 11.8. The summed E-state index contributed by atoms with van der Waals surface area (Å²) in [7, 11) is 0. The van der Waals surface area contributed by atoms with Crippen molar-refractivity contribution in [2.45, 2.75) is 32.6 Å². The standard InChI is InChI=1S/C14H18ClF2NO/c1-8(2)6-10(15)7-18-14(19)12-11(16)5-4-9(3)13(12)17/h4-5,8,10H,6-7H2,1-3H3,(H,18,19). The third-order valence-electron chi connectivity index (χ3n) is 2.72. The van der Waals surface area contributed by atoms with Crippen LogP contribution in [0, 0.1) is 24.5 Å². The number of nitrogens with one attached hydrogen (secondary N) is 1. The van der Waals surface area contributed by atoms with E-state index in [0.717, 1.165) is 12.5 Å². The van der Waals surface area contributed by atoms with Crippen LogP contribution < -0.4 is 5.32 Å². The molecule has 1 unspecified atom stereocenters. The summed E-state index contributed by atoms with van der Waals surface area (Å²) in [6, 6.07) is 2.38. The molecule has 0 aliphatic carbocycles. The van der Waals surface area contributed by atoms with E-state index in [4.69, 9.17) is 11.6 Å². The highest BCUT2D eigenvalue weighted by molar-refractivity contribution is 6.21. The Hall–Kier alpha value is -1.16. The fourth-order valence-corrected chi connectivity index (χ4v) is 2.18. The average Bonchev–Trinajstić information content (AvgIpc) is 2.31. The Bertz CT molecular complexity index is 463. The Morgan fingerprint density at radius 2 is 2.00 bits per heavy atom. The molecule has 1 N–H and O–H groups in total. The van der Waals surface area contributed by atoms with E-state index in [-0.39, 0.29) is 17.5 Å². The lowest BCUT2D eigenvalue weighted by Gasteiger charge is -2.13. The van der Waals surface area contributed by atoms with Gasteiger partial charge in [-0.25, -0.2) is 8.78 Å². The van der Waals surface area contributed by atoms with Gasteiger partial charge < -0.3 is 5.32 Å². The number of amides is 1. The molecule has 2 nitrogen and oxygen atoms in total. The molecule has 0 aliphatic rings. The van der Waals surface area contributed by atoms with Gasteiger partial charge in [-0.1, -0.05) is 19.9 Å². The maximum absolute atomic E-state index is 13.7. The van der Waals surface area contributed by atoms with Gasteiger partial charge in [0.05, 0.1) is 5.38 Å². The lowest BCUT2D eigenvalue weighted by Crippen LogP contribution is -2.31. The van der Waals surface area contributed by atoms with Crippen LogP contribution in [0.4, 0.5) is 8.78 Å². The van der Waals surface area contributed by atoms with E-state index in [1.807, 2.05) is 13.8 Å². The molecule has 1 aromatic rings. The molecule has 0 heterocycles. The molecule has 1 rings (SSSR count). The maximum atomic E-state index is 13.7. The second-order valence-corrected chi connectivity index (χ2v) is 5.61. The number of benzene rings is 1. The highest BCUT2D eigenvalue weighted by atomic mass is 35.5. The first-order chi connectivity index (χ1) is 8.82. The number of rotatable bonds is 5. The van der Waals surface area contributed by atoms with Gasteiger partial charge >= 0.3 is 0 Å². The van der Waals surface area contributed by atoms with Crippen molar-refractivity contribution in [3.8, 4) is 0 Å². The first-order valence-electron chi connectivity index (χ1n) is 6.19. The monoisotopic (exact) mass is 289 g/mol. The van der Waals surface area contributed by atoms with E-state index in [1.54, 1.807) is 0 Å². The van der Waals surface area contributed by atoms with Crippen LogP contribution in [-0.2, 0) is 0 Å². The molecule has 0 radical (unpaired) electrons. The zero-order valence-electron chi connectivity index (χ0n) is 11.3. The lowest BCUT2D eigenvalue weighted by atomic mass is 10.1. The second kappa shape index (κ2) is 6.85. The molecule has 19 heavy (non-hydrogen) atoms. The minimum absolute atomic E-state index is 0.186. The van der Waals surface area contributed by atoms with Crippen molar-refractivity contribution in [2.75, 3.05) is 6.54 Å². The molecule has 1 aromatic carbocycles. The Morgan fingerprint density at radius 3 is 2.58 bits per heavy atom. The van der Waals surface area contributed by atoms with E-state index in [2.05, 4.69) is 5.32 Å². The van der Waals surface area contributed by atoms with Crippen LogP contribution in [-0.4, -0.2) is 17.8 Å². The number of hydrogen-bond donors (Lipinski definition) is 1. The minimum atomic E-state index is -0.865. The molecule has 106 valence electrons. The van der Waals surface area contributed by atoms with Crippen molar-refractivity contribution in [2.24, 2.45) is 5.92 Å². The number of carbonyl (C=O) groups is 1. The van der Waals surface area contributed by atoms with Gasteiger partial charge in [0.2, 0.25) is 0 Å². The van der Waals surface area contributed by atoms with Gasteiger partial charge in [0, 0.05) is 6.54 Å². The molecule has 0 aliphatic heterocycles. The van der Waals surface area contributed by atoms with Gasteiger partial charge in [0.1, 0.15) is 17.2 Å². The fraction of sp³-hybridized carbons (Fsp3) is 0.500. The van der Waals surface area contributed by atoms with Crippen LogP contribution in [0.15, 0.2) is 12.1 Å². The van der Waals surface area contributed by atoms with Gasteiger partial charge in [0.15, 0.2) is 0 Å². The zero-order valence-corrected chi connectivity index (χ0v) is 12.0. The summed E-state index contributed by atoms with van der Waals surface area (Å²) in [5, 5.41) is 2.21. The highest BCUT2D eigenvalue weighted by Gasteiger charge is 2.19. The van der Waals surface area contributed by atoms with E-state index >= 15 is 0 Å². The molecule has 0 saturated heterocycles. The van der Waals surface area contributed by atoms with Crippen molar-refractivity contribution < 1.29 is 13.6 Å². The smallest absolute Gasteiger partial charge is 0.257 e. The Kier molecular flexibility index (Phi) is 5.73. The highest BCUT2D eigenvalue weighted by Crippen LogP contribution is 2.16. The maximum Gasteiger partial charge on any atom is 0.257 e. The first kappa shape index (κ1) is 15.9. The van der Waals surface area contributed by atoms with Gasteiger partial charge in [-0.15, -0.1) is 11.6 Å². The van der Waals surface area contributed by atoms with E-state index in [9.17, 15) is 13.6 Å². The number of alkyl halides is 1. The van der Waals surface area contributed by atoms with Crippen LogP contribution in [0.2, 0.25) is 0 Å². The molecule has 1 amide bonds. The number of carbonyl (C=O) groups excluding carboxylic acids is 1. The van der Waals surface area contributed by atoms with Gasteiger partial charge in [-0.3, -0.25) is 4.79 Å². The van der Waals surface area contributed by atoms with Crippen molar-refractivity contribution in [3.05, 3.63) is 34.9 Å². The second-order valence-electron chi connectivity index (χ2n) is 4.99. The van der Waals surface area contributed by atoms with Crippen molar-refractivity contribution in [1.82, 2.24) is 5.32 Å². The summed E-state index contributed by atoms with van der Waals surface area (Å²) < 4.78 is 27.2. The summed E-state index contributed by atoms with van der Waals surface area (Å²) in [5.74, 6) is -2.07. The largest absolute Gasteiger partial charge is 0.350 e. The Balaban J connectivity index is 2.72. The van der Waals surface area contributed by atoms with Gasteiger partial charge in [0.25, 0.3) is 5.91 Å². The molecule has 0 bridgehead atoms. The SMILES string of the molecule is Cc1ccc(F)c(C(=O)NCC(Cl)CC(C)C)c1F. The average molecular weight is 290 g/mol. The van der Waals surface area contributed by atoms with Crippen molar-refractivity contribution in [1.29, 1.82) is 0 Å². The molecule has 1 atom stereocenters. The lowest BCUT2D eigenvalue weighted by molar-refractivity contribution is 0.0944. The van der Waals surface area contributed by atoms with Gasteiger partial charge in [-0.05, 0) is 30.9 Å². The van der Waals surface area contributed by atoms with E-state index in [1.165, 1.54) is 13.0 Å². The van der Waals surface area contributed by atoms with Crippen LogP contribution in [0.5, 0.6) is 0 Å². The number of hydrogen-bond acceptors (Lipinski definition) is 1. The van der Waals surface area contributed by atoms with Crippen LogP contribution in [0.3, 0.4) is 0 Å².